The molecule has 0 atom stereocenters. The number of rotatable bonds is 6. The van der Waals surface area contributed by atoms with Gasteiger partial charge in [-0.2, -0.15) is 11.3 Å². The molecule has 0 bridgehead atoms. The standard InChI is InChI=1S/C12H19N3O2S/c1-9(2)15-11(16)3-5-13-12(17)14-7-10-4-6-18-8-10/h4,6,8-9H,3,5,7H2,1-2H3,(H,15,16)(H2,13,14,17). The molecule has 6 heteroatoms. The van der Waals surface area contributed by atoms with Crippen LogP contribution in [-0.2, 0) is 11.3 Å². The Morgan fingerprint density at radius 3 is 2.72 bits per heavy atom. The van der Waals surface area contributed by atoms with Gasteiger partial charge in [-0.1, -0.05) is 0 Å². The molecule has 0 aliphatic rings. The zero-order valence-electron chi connectivity index (χ0n) is 10.7. The molecular weight excluding hydrogens is 250 g/mol. The van der Waals surface area contributed by atoms with Gasteiger partial charge in [0.25, 0.3) is 0 Å². The van der Waals surface area contributed by atoms with Gasteiger partial charge in [0, 0.05) is 25.6 Å². The minimum Gasteiger partial charge on any atom is -0.354 e. The molecule has 3 amide bonds. The van der Waals surface area contributed by atoms with E-state index in [1.807, 2.05) is 30.7 Å². The minimum atomic E-state index is -0.251. The summed E-state index contributed by atoms with van der Waals surface area (Å²) in [5.74, 6) is -0.0527. The molecule has 0 saturated heterocycles. The van der Waals surface area contributed by atoms with Crippen LogP contribution in [0.2, 0.25) is 0 Å². The van der Waals surface area contributed by atoms with E-state index in [4.69, 9.17) is 0 Å². The van der Waals surface area contributed by atoms with Gasteiger partial charge in [-0.15, -0.1) is 0 Å². The summed E-state index contributed by atoms with van der Waals surface area (Å²) < 4.78 is 0. The molecule has 0 unspecified atom stereocenters. The van der Waals surface area contributed by atoms with Crippen LogP contribution < -0.4 is 16.0 Å². The van der Waals surface area contributed by atoms with Gasteiger partial charge in [0.1, 0.15) is 0 Å². The molecule has 1 rings (SSSR count). The highest BCUT2D eigenvalue weighted by Gasteiger charge is 2.04. The fourth-order valence-corrected chi connectivity index (χ4v) is 1.99. The smallest absolute Gasteiger partial charge is 0.315 e. The Balaban J connectivity index is 2.08. The second kappa shape index (κ2) is 7.71. The van der Waals surface area contributed by atoms with Crippen molar-refractivity contribution in [3.63, 3.8) is 0 Å². The fourth-order valence-electron chi connectivity index (χ4n) is 1.32. The van der Waals surface area contributed by atoms with Crippen molar-refractivity contribution in [3.8, 4) is 0 Å². The third kappa shape index (κ3) is 6.24. The van der Waals surface area contributed by atoms with Crippen LogP contribution in [0.25, 0.3) is 0 Å². The Kier molecular flexibility index (Phi) is 6.21. The highest BCUT2D eigenvalue weighted by Crippen LogP contribution is 2.04. The third-order valence-corrected chi connectivity index (χ3v) is 2.85. The highest BCUT2D eigenvalue weighted by atomic mass is 32.1. The van der Waals surface area contributed by atoms with Crippen molar-refractivity contribution >= 4 is 23.3 Å². The molecule has 0 aromatic carbocycles. The lowest BCUT2D eigenvalue weighted by atomic mass is 10.3. The van der Waals surface area contributed by atoms with E-state index >= 15 is 0 Å². The van der Waals surface area contributed by atoms with E-state index in [0.717, 1.165) is 5.56 Å². The molecule has 3 N–H and O–H groups in total. The van der Waals surface area contributed by atoms with Gasteiger partial charge in [0.2, 0.25) is 5.91 Å². The molecule has 100 valence electrons. The van der Waals surface area contributed by atoms with Crippen LogP contribution in [0.5, 0.6) is 0 Å². The second-order valence-corrected chi connectivity index (χ2v) is 4.99. The summed E-state index contributed by atoms with van der Waals surface area (Å²) in [4.78, 5) is 22.7. The summed E-state index contributed by atoms with van der Waals surface area (Å²) in [6.45, 7) is 4.65. The number of hydrogen-bond acceptors (Lipinski definition) is 3. The van der Waals surface area contributed by atoms with Crippen LogP contribution in [0.1, 0.15) is 25.8 Å². The fraction of sp³-hybridized carbons (Fsp3) is 0.500. The Labute approximate surface area is 111 Å². The maximum Gasteiger partial charge on any atom is 0.315 e. The number of amides is 3. The molecule has 0 saturated carbocycles. The van der Waals surface area contributed by atoms with Crippen molar-refractivity contribution in [1.29, 1.82) is 0 Å². The Hall–Kier alpha value is -1.56. The van der Waals surface area contributed by atoms with E-state index in [2.05, 4.69) is 16.0 Å². The van der Waals surface area contributed by atoms with E-state index < -0.39 is 0 Å². The van der Waals surface area contributed by atoms with Crippen molar-refractivity contribution in [1.82, 2.24) is 16.0 Å². The molecule has 1 heterocycles. The summed E-state index contributed by atoms with van der Waals surface area (Å²) in [7, 11) is 0. The number of urea groups is 1. The largest absolute Gasteiger partial charge is 0.354 e. The molecule has 1 aromatic rings. The first-order valence-electron chi connectivity index (χ1n) is 5.90. The molecule has 0 aliphatic carbocycles. The SMILES string of the molecule is CC(C)NC(=O)CCNC(=O)NCc1ccsc1. The molecule has 0 spiro atoms. The molecular formula is C12H19N3O2S. The first-order valence-corrected chi connectivity index (χ1v) is 6.84. The van der Waals surface area contributed by atoms with Gasteiger partial charge < -0.3 is 16.0 Å². The predicted octanol–water partition coefficient (Wildman–Crippen LogP) is 1.46. The van der Waals surface area contributed by atoms with Crippen molar-refractivity contribution in [3.05, 3.63) is 22.4 Å². The summed E-state index contributed by atoms with van der Waals surface area (Å²) >= 11 is 1.59. The van der Waals surface area contributed by atoms with E-state index in [0.29, 0.717) is 19.5 Å². The van der Waals surface area contributed by atoms with Crippen molar-refractivity contribution < 1.29 is 9.59 Å². The first kappa shape index (κ1) is 14.5. The topological polar surface area (TPSA) is 70.2 Å². The van der Waals surface area contributed by atoms with E-state index in [-0.39, 0.29) is 18.0 Å². The number of thiophene rings is 1. The highest BCUT2D eigenvalue weighted by molar-refractivity contribution is 7.07. The van der Waals surface area contributed by atoms with Crippen LogP contribution in [0.3, 0.4) is 0 Å². The van der Waals surface area contributed by atoms with Gasteiger partial charge in [-0.3, -0.25) is 4.79 Å². The quantitative estimate of drug-likeness (QED) is 0.732. The van der Waals surface area contributed by atoms with E-state index in [1.54, 1.807) is 11.3 Å². The zero-order valence-corrected chi connectivity index (χ0v) is 11.5. The summed E-state index contributed by atoms with van der Waals surface area (Å²) in [5, 5.41) is 12.1. The third-order valence-electron chi connectivity index (χ3n) is 2.12. The second-order valence-electron chi connectivity index (χ2n) is 4.21. The van der Waals surface area contributed by atoms with Crippen molar-refractivity contribution in [2.24, 2.45) is 0 Å². The van der Waals surface area contributed by atoms with Crippen molar-refractivity contribution in [2.45, 2.75) is 32.9 Å². The Morgan fingerprint density at radius 1 is 1.33 bits per heavy atom. The molecule has 0 radical (unpaired) electrons. The van der Waals surface area contributed by atoms with Gasteiger partial charge in [-0.05, 0) is 36.2 Å². The van der Waals surface area contributed by atoms with Crippen LogP contribution >= 0.6 is 11.3 Å². The molecule has 5 nitrogen and oxygen atoms in total. The Bertz CT molecular complexity index is 377. The number of carbonyl (C=O) groups is 2. The predicted molar refractivity (Wildman–Crippen MR) is 72.5 cm³/mol. The summed E-state index contributed by atoms with van der Waals surface area (Å²) in [6, 6.07) is 1.84. The Morgan fingerprint density at radius 2 is 2.11 bits per heavy atom. The van der Waals surface area contributed by atoms with Gasteiger partial charge in [0.05, 0.1) is 0 Å². The normalized spacial score (nSPS) is 10.2. The van der Waals surface area contributed by atoms with E-state index in [1.165, 1.54) is 0 Å². The minimum absolute atomic E-state index is 0.0527. The lowest BCUT2D eigenvalue weighted by Gasteiger charge is -2.09. The average Bonchev–Trinajstić information content (AvgIpc) is 2.78. The molecule has 1 aromatic heterocycles. The van der Waals surface area contributed by atoms with Gasteiger partial charge in [0.15, 0.2) is 0 Å². The average molecular weight is 269 g/mol. The lowest BCUT2D eigenvalue weighted by molar-refractivity contribution is -0.121. The summed E-state index contributed by atoms with van der Waals surface area (Å²) in [5.41, 5.74) is 1.08. The summed E-state index contributed by atoms with van der Waals surface area (Å²) in [6.07, 6.45) is 0.296. The van der Waals surface area contributed by atoms with Gasteiger partial charge >= 0.3 is 6.03 Å². The maximum atomic E-state index is 11.4. The monoisotopic (exact) mass is 269 g/mol. The number of hydrogen-bond donors (Lipinski definition) is 3. The lowest BCUT2D eigenvalue weighted by Crippen LogP contribution is -2.38. The van der Waals surface area contributed by atoms with Crippen molar-refractivity contribution in [2.75, 3.05) is 6.54 Å². The number of nitrogens with one attached hydrogen (secondary N) is 3. The van der Waals surface area contributed by atoms with Crippen LogP contribution in [0.15, 0.2) is 16.8 Å². The molecule has 18 heavy (non-hydrogen) atoms. The van der Waals surface area contributed by atoms with Crippen LogP contribution in [0.4, 0.5) is 4.79 Å². The van der Waals surface area contributed by atoms with Crippen LogP contribution in [0, 0.1) is 0 Å². The van der Waals surface area contributed by atoms with Crippen LogP contribution in [-0.4, -0.2) is 24.5 Å². The maximum absolute atomic E-state index is 11.4. The zero-order chi connectivity index (χ0) is 13.4. The van der Waals surface area contributed by atoms with E-state index in [9.17, 15) is 9.59 Å². The number of carbonyl (C=O) groups excluding carboxylic acids is 2. The van der Waals surface area contributed by atoms with Gasteiger partial charge in [-0.25, -0.2) is 4.79 Å². The molecule has 0 fully saturated rings. The first-order chi connectivity index (χ1) is 8.58. The molecule has 0 aliphatic heterocycles.